The summed E-state index contributed by atoms with van der Waals surface area (Å²) >= 11 is 0. The van der Waals surface area contributed by atoms with Crippen LogP contribution in [0.2, 0.25) is 0 Å². The summed E-state index contributed by atoms with van der Waals surface area (Å²) in [5.41, 5.74) is -0.325. The molecular formula is C17H27NO4. The third kappa shape index (κ3) is 4.32. The van der Waals surface area contributed by atoms with Crippen LogP contribution in [-0.2, 0) is 9.53 Å². The molecule has 4 rings (SSSR count). The Balaban J connectivity index is 0.000000299. The van der Waals surface area contributed by atoms with Gasteiger partial charge in [0.2, 0.25) is 0 Å². The number of fused-ring (bicyclic) bond motifs is 3. The third-order valence-electron chi connectivity index (χ3n) is 4.93. The van der Waals surface area contributed by atoms with E-state index < -0.39 is 5.97 Å². The average molecular weight is 309 g/mol. The average Bonchev–Trinajstić information content (AvgIpc) is 3.12. The van der Waals surface area contributed by atoms with E-state index in [1.807, 2.05) is 0 Å². The zero-order chi connectivity index (χ0) is 15.8. The van der Waals surface area contributed by atoms with Crippen molar-refractivity contribution in [2.75, 3.05) is 6.61 Å². The van der Waals surface area contributed by atoms with E-state index in [0.29, 0.717) is 5.92 Å². The van der Waals surface area contributed by atoms with Crippen molar-refractivity contribution in [3.63, 3.8) is 0 Å². The Hall–Kier alpha value is -1.36. The van der Waals surface area contributed by atoms with Crippen molar-refractivity contribution in [3.8, 4) is 0 Å². The van der Waals surface area contributed by atoms with E-state index in [2.05, 4.69) is 16.6 Å². The first-order chi connectivity index (χ1) is 10.7. The van der Waals surface area contributed by atoms with Gasteiger partial charge in [-0.2, -0.15) is 0 Å². The lowest BCUT2D eigenvalue weighted by molar-refractivity contribution is -0.191. The first-order valence-electron chi connectivity index (χ1n) is 8.39. The van der Waals surface area contributed by atoms with Crippen molar-refractivity contribution < 1.29 is 19.2 Å². The molecule has 22 heavy (non-hydrogen) atoms. The molecule has 1 aromatic rings. The molecule has 1 aliphatic carbocycles. The van der Waals surface area contributed by atoms with Crippen LogP contribution in [0.1, 0.15) is 58.3 Å². The Bertz CT molecular complexity index is 393. The van der Waals surface area contributed by atoms with Gasteiger partial charge < -0.3 is 14.4 Å². The maximum atomic E-state index is 11.5. The second kappa shape index (κ2) is 8.32. The van der Waals surface area contributed by atoms with Crippen LogP contribution in [0.5, 0.6) is 0 Å². The molecule has 5 nitrogen and oxygen atoms in total. The van der Waals surface area contributed by atoms with Crippen LogP contribution >= 0.6 is 0 Å². The van der Waals surface area contributed by atoms with Crippen molar-refractivity contribution >= 4 is 5.97 Å². The van der Waals surface area contributed by atoms with Gasteiger partial charge in [0.15, 0.2) is 0 Å². The van der Waals surface area contributed by atoms with E-state index in [1.54, 1.807) is 12.3 Å². The molecule has 1 aromatic heterocycles. The van der Waals surface area contributed by atoms with Gasteiger partial charge in [-0.25, -0.2) is 0 Å². The monoisotopic (exact) mass is 309 g/mol. The summed E-state index contributed by atoms with van der Waals surface area (Å²) in [6, 6.07) is 1.72. The highest BCUT2D eigenvalue weighted by Crippen LogP contribution is 2.46. The van der Waals surface area contributed by atoms with Gasteiger partial charge in [0.05, 0.1) is 24.3 Å². The van der Waals surface area contributed by atoms with E-state index in [9.17, 15) is 9.90 Å². The highest BCUT2D eigenvalue weighted by molar-refractivity contribution is 5.71. The molecule has 1 saturated carbocycles. The van der Waals surface area contributed by atoms with Gasteiger partial charge >= 0.3 is 5.97 Å². The fourth-order valence-electron chi connectivity index (χ4n) is 3.60. The summed E-state index contributed by atoms with van der Waals surface area (Å²) in [4.78, 5) is 11.5. The van der Waals surface area contributed by atoms with E-state index in [-0.39, 0.29) is 11.5 Å². The summed E-state index contributed by atoms with van der Waals surface area (Å²) < 4.78 is 10.3. The fraction of sp³-hybridized carbons (Fsp3) is 0.765. The highest BCUT2D eigenvalue weighted by Gasteiger charge is 2.49. The van der Waals surface area contributed by atoms with E-state index in [1.165, 1.54) is 6.26 Å². The lowest BCUT2D eigenvalue weighted by Gasteiger charge is -2.49. The lowest BCUT2D eigenvalue weighted by atomic mass is 9.68. The molecule has 5 heteroatoms. The number of carboxylic acid groups (broad SMARTS) is 1. The molecule has 3 fully saturated rings. The summed E-state index contributed by atoms with van der Waals surface area (Å²) in [6.07, 6.45) is 11.4. The minimum absolute atomic E-state index is 0.282. The van der Waals surface area contributed by atoms with E-state index in [0.717, 1.165) is 58.0 Å². The number of hydrogen-bond acceptors (Lipinski definition) is 4. The second-order valence-corrected chi connectivity index (χ2v) is 6.39. The molecule has 0 aromatic carbocycles. The zero-order valence-electron chi connectivity index (χ0n) is 13.4. The van der Waals surface area contributed by atoms with Gasteiger partial charge in [-0.15, -0.1) is 0 Å². The molecule has 1 unspecified atom stereocenters. The number of ether oxygens (including phenoxy) is 1. The van der Waals surface area contributed by atoms with Crippen LogP contribution in [-0.4, -0.2) is 28.4 Å². The summed E-state index contributed by atoms with van der Waals surface area (Å²) in [5.74, 6) is -0.237. The molecular weight excluding hydrogens is 282 g/mol. The van der Waals surface area contributed by atoms with Gasteiger partial charge in [0.25, 0.3) is 0 Å². The molecule has 3 aliphatic rings. The van der Waals surface area contributed by atoms with Crippen LogP contribution in [0.15, 0.2) is 23.0 Å². The molecule has 0 radical (unpaired) electrons. The summed E-state index contributed by atoms with van der Waals surface area (Å²) in [7, 11) is 0. The molecule has 2 bridgehead atoms. The van der Waals surface area contributed by atoms with E-state index >= 15 is 0 Å². The largest absolute Gasteiger partial charge is 0.481 e. The number of rotatable bonds is 6. The number of aliphatic carboxylic acids is 1. The van der Waals surface area contributed by atoms with Gasteiger partial charge in [-0.3, -0.25) is 4.79 Å². The lowest BCUT2D eigenvalue weighted by Crippen LogP contribution is -2.52. The molecule has 1 N–H and O–H groups in total. The third-order valence-corrected chi connectivity index (χ3v) is 4.93. The Morgan fingerprint density at radius 2 is 2.18 bits per heavy atom. The Kier molecular flexibility index (Phi) is 6.43. The first kappa shape index (κ1) is 17.0. The molecule has 2 aliphatic heterocycles. The summed E-state index contributed by atoms with van der Waals surface area (Å²) in [6.45, 7) is 2.94. The minimum atomic E-state index is -0.651. The molecule has 1 atom stereocenters. The van der Waals surface area contributed by atoms with E-state index in [4.69, 9.17) is 4.74 Å². The van der Waals surface area contributed by atoms with Crippen LogP contribution in [0.25, 0.3) is 0 Å². The minimum Gasteiger partial charge on any atom is -0.481 e. The quantitative estimate of drug-likeness (QED) is 0.807. The number of nitrogens with zero attached hydrogens (tertiary/aromatic N) is 1. The van der Waals surface area contributed by atoms with Gasteiger partial charge in [0, 0.05) is 0 Å². The standard InChI is InChI=1S/C14H24O3.C3H3NO/c1-2-3-4-5-12(13(15)16)14-8-6-11(7-9-14)10-17-14;1-2-4-5-3-1/h11-12H,2-10H2,1H3,(H,15,16);1-3H. The van der Waals surface area contributed by atoms with Gasteiger partial charge in [0.1, 0.15) is 6.26 Å². The predicted octanol–water partition coefficient (Wildman–Crippen LogP) is 3.90. The number of hydrogen-bond donors (Lipinski definition) is 1. The Morgan fingerprint density at radius 3 is 2.59 bits per heavy atom. The fourth-order valence-corrected chi connectivity index (χ4v) is 3.60. The second-order valence-electron chi connectivity index (χ2n) is 6.39. The zero-order valence-corrected chi connectivity index (χ0v) is 13.4. The number of carbonyl (C=O) groups is 1. The summed E-state index contributed by atoms with van der Waals surface area (Å²) in [5, 5.41) is 12.8. The van der Waals surface area contributed by atoms with Crippen LogP contribution in [0, 0.1) is 11.8 Å². The first-order valence-corrected chi connectivity index (χ1v) is 8.39. The molecule has 124 valence electrons. The number of unbranched alkanes of at least 4 members (excludes halogenated alkanes) is 2. The predicted molar refractivity (Wildman–Crippen MR) is 82.4 cm³/mol. The number of aromatic nitrogens is 1. The SMILES string of the molecule is CCCCCC(C(=O)O)C12CCC(CC1)CO2.c1cnoc1. The Morgan fingerprint density at radius 1 is 1.41 bits per heavy atom. The van der Waals surface area contributed by atoms with Crippen LogP contribution < -0.4 is 0 Å². The van der Waals surface area contributed by atoms with Crippen molar-refractivity contribution in [1.29, 1.82) is 0 Å². The molecule has 3 heterocycles. The highest BCUT2D eigenvalue weighted by atomic mass is 16.5. The van der Waals surface area contributed by atoms with Gasteiger partial charge in [-0.05, 0) is 44.1 Å². The van der Waals surface area contributed by atoms with Crippen molar-refractivity contribution in [2.24, 2.45) is 11.8 Å². The van der Waals surface area contributed by atoms with Crippen LogP contribution in [0.4, 0.5) is 0 Å². The Labute approximate surface area is 132 Å². The maximum absolute atomic E-state index is 11.5. The van der Waals surface area contributed by atoms with Crippen molar-refractivity contribution in [1.82, 2.24) is 5.16 Å². The van der Waals surface area contributed by atoms with Crippen molar-refractivity contribution in [2.45, 2.75) is 63.9 Å². The molecule has 0 spiro atoms. The van der Waals surface area contributed by atoms with Crippen LogP contribution in [0.3, 0.4) is 0 Å². The van der Waals surface area contributed by atoms with Crippen molar-refractivity contribution in [3.05, 3.63) is 18.5 Å². The topological polar surface area (TPSA) is 72.6 Å². The molecule has 0 amide bonds. The molecule has 2 saturated heterocycles. The smallest absolute Gasteiger partial charge is 0.309 e. The maximum Gasteiger partial charge on any atom is 0.309 e. The number of carboxylic acids is 1. The normalized spacial score (nSPS) is 27.8. The van der Waals surface area contributed by atoms with Gasteiger partial charge in [-0.1, -0.05) is 31.3 Å².